The Bertz CT molecular complexity index is 309. The molecule has 0 bridgehead atoms. The molecule has 0 radical (unpaired) electrons. The largest absolute Gasteiger partial charge is 0.256 e. The highest BCUT2D eigenvalue weighted by molar-refractivity contribution is 7.72. The van der Waals surface area contributed by atoms with Crippen LogP contribution in [0.3, 0.4) is 0 Å². The third-order valence-electron chi connectivity index (χ3n) is 1.01. The van der Waals surface area contributed by atoms with Crippen LogP contribution in [0.5, 0.6) is 0 Å². The Morgan fingerprint density at radius 1 is 1.70 bits per heavy atom. The topological polar surface area (TPSA) is 52.0 Å². The fourth-order valence-corrected chi connectivity index (χ4v) is 1.40. The van der Waals surface area contributed by atoms with Gasteiger partial charge >= 0.3 is 0 Å². The lowest BCUT2D eigenvalue weighted by Gasteiger charge is -1.87. The van der Waals surface area contributed by atoms with Crippen molar-refractivity contribution in [2.24, 2.45) is 7.05 Å². The smallest absolute Gasteiger partial charge is 0.185 e. The third-order valence-corrected chi connectivity index (χ3v) is 1.99. The lowest BCUT2D eigenvalue weighted by atomic mass is 10.7. The van der Waals surface area contributed by atoms with E-state index in [4.69, 9.17) is 11.6 Å². The Balaban J connectivity index is 3.28. The van der Waals surface area contributed by atoms with E-state index in [9.17, 15) is 8.42 Å². The average molecular weight is 181 g/mol. The van der Waals surface area contributed by atoms with Crippen molar-refractivity contribution in [1.82, 2.24) is 9.78 Å². The summed E-state index contributed by atoms with van der Waals surface area (Å²) in [5.74, 6) is 0. The normalized spacial score (nSPS) is 10.7. The van der Waals surface area contributed by atoms with Gasteiger partial charge in [0, 0.05) is 13.1 Å². The molecule has 0 aromatic carbocycles. The fourth-order valence-electron chi connectivity index (χ4n) is 0.594. The minimum atomic E-state index is -2.58. The molecular formula is C4H5ClN2O2S. The minimum Gasteiger partial charge on any atom is -0.256 e. The number of nitrogens with zero attached hydrogens (tertiary/aromatic N) is 2. The molecule has 0 saturated carbocycles. The number of aromatic nitrogens is 2. The summed E-state index contributed by atoms with van der Waals surface area (Å²) in [5.41, 5.74) is 0. The monoisotopic (exact) mass is 180 g/mol. The van der Waals surface area contributed by atoms with E-state index in [1.54, 1.807) is 0 Å². The van der Waals surface area contributed by atoms with Gasteiger partial charge in [-0.25, -0.2) is 8.42 Å². The van der Waals surface area contributed by atoms with Gasteiger partial charge in [-0.05, 0) is 0 Å². The quantitative estimate of drug-likeness (QED) is 0.622. The molecule has 1 aromatic heterocycles. The highest BCUT2D eigenvalue weighted by Gasteiger charge is 2.03. The van der Waals surface area contributed by atoms with Crippen molar-refractivity contribution in [1.29, 1.82) is 0 Å². The fraction of sp³-hybridized carbons (Fsp3) is 0.250. The Morgan fingerprint density at radius 2 is 2.30 bits per heavy atom. The molecule has 0 aliphatic carbocycles. The molecular weight excluding hydrogens is 176 g/mol. The van der Waals surface area contributed by atoms with E-state index in [1.165, 1.54) is 17.8 Å². The molecule has 0 unspecified atom stereocenters. The van der Waals surface area contributed by atoms with Crippen LogP contribution in [-0.2, 0) is 17.8 Å². The first-order valence-corrected chi connectivity index (χ1v) is 4.00. The summed E-state index contributed by atoms with van der Waals surface area (Å²) in [6.07, 6.45) is 0. The highest BCUT2D eigenvalue weighted by Crippen LogP contribution is 2.08. The average Bonchev–Trinajstić information content (AvgIpc) is 2.10. The number of halogens is 1. The molecule has 10 heavy (non-hydrogen) atoms. The molecule has 0 spiro atoms. The number of aryl methyl sites for hydroxylation is 1. The summed E-state index contributed by atoms with van der Waals surface area (Å²) in [6, 6.07) is 1.30. The van der Waals surface area contributed by atoms with Gasteiger partial charge in [-0.1, -0.05) is 11.6 Å². The first-order chi connectivity index (χ1) is 4.61. The van der Waals surface area contributed by atoms with Crippen molar-refractivity contribution in [2.45, 2.75) is 5.03 Å². The standard InChI is InChI=1S/C4H5ClN2O2S/c1-7-4(10(8)9)2-3(5)6-7/h2,10H,1H3. The van der Waals surface area contributed by atoms with Gasteiger partial charge in [0.1, 0.15) is 0 Å². The van der Waals surface area contributed by atoms with E-state index in [0.717, 1.165) is 0 Å². The van der Waals surface area contributed by atoms with E-state index in [1.807, 2.05) is 0 Å². The molecule has 1 rings (SSSR count). The summed E-state index contributed by atoms with van der Waals surface area (Å²) >= 11 is 5.41. The van der Waals surface area contributed by atoms with Crippen LogP contribution in [0.4, 0.5) is 0 Å². The van der Waals surface area contributed by atoms with Gasteiger partial charge < -0.3 is 0 Å². The molecule has 0 fully saturated rings. The van der Waals surface area contributed by atoms with Gasteiger partial charge in [0.05, 0.1) is 0 Å². The van der Waals surface area contributed by atoms with Crippen molar-refractivity contribution >= 4 is 22.3 Å². The van der Waals surface area contributed by atoms with Gasteiger partial charge in [0.2, 0.25) is 0 Å². The van der Waals surface area contributed by atoms with Crippen molar-refractivity contribution in [3.63, 3.8) is 0 Å². The van der Waals surface area contributed by atoms with Gasteiger partial charge in [-0.15, -0.1) is 0 Å². The molecule has 0 saturated heterocycles. The lowest BCUT2D eigenvalue weighted by Crippen LogP contribution is -1.94. The third kappa shape index (κ3) is 1.30. The van der Waals surface area contributed by atoms with E-state index in [2.05, 4.69) is 5.10 Å². The van der Waals surface area contributed by atoms with Crippen molar-refractivity contribution < 1.29 is 8.42 Å². The molecule has 1 heterocycles. The molecule has 6 heteroatoms. The van der Waals surface area contributed by atoms with Crippen molar-refractivity contribution in [2.75, 3.05) is 0 Å². The van der Waals surface area contributed by atoms with Gasteiger partial charge in [-0.3, -0.25) is 4.68 Å². The SMILES string of the molecule is Cn1nc(Cl)cc1[SH](=O)=O. The van der Waals surface area contributed by atoms with E-state index >= 15 is 0 Å². The second-order valence-electron chi connectivity index (χ2n) is 1.71. The summed E-state index contributed by atoms with van der Waals surface area (Å²) in [6.45, 7) is 0. The maximum absolute atomic E-state index is 10.4. The highest BCUT2D eigenvalue weighted by atomic mass is 35.5. The molecule has 56 valence electrons. The summed E-state index contributed by atoms with van der Waals surface area (Å²) < 4.78 is 21.9. The molecule has 0 aliphatic heterocycles. The van der Waals surface area contributed by atoms with Crippen LogP contribution in [0.25, 0.3) is 0 Å². The van der Waals surface area contributed by atoms with Crippen LogP contribution >= 0.6 is 11.6 Å². The van der Waals surface area contributed by atoms with Gasteiger partial charge in [-0.2, -0.15) is 5.10 Å². The summed E-state index contributed by atoms with van der Waals surface area (Å²) in [4.78, 5) is 0. The number of hydrogen-bond donors (Lipinski definition) is 1. The Kier molecular flexibility index (Phi) is 1.96. The molecule has 0 N–H and O–H groups in total. The van der Waals surface area contributed by atoms with E-state index < -0.39 is 10.7 Å². The van der Waals surface area contributed by atoms with Crippen molar-refractivity contribution in [3.05, 3.63) is 11.2 Å². The van der Waals surface area contributed by atoms with Gasteiger partial charge in [0.25, 0.3) is 0 Å². The zero-order valence-corrected chi connectivity index (χ0v) is 6.76. The maximum atomic E-state index is 10.4. The Hall–Kier alpha value is -0.550. The second kappa shape index (κ2) is 2.59. The number of rotatable bonds is 1. The maximum Gasteiger partial charge on any atom is 0.185 e. The molecule has 0 amide bonds. The van der Waals surface area contributed by atoms with Gasteiger partial charge in [0.15, 0.2) is 20.9 Å². The van der Waals surface area contributed by atoms with E-state index in [-0.39, 0.29) is 10.2 Å². The van der Waals surface area contributed by atoms with Crippen LogP contribution < -0.4 is 0 Å². The van der Waals surface area contributed by atoms with Crippen LogP contribution in [-0.4, -0.2) is 18.2 Å². The Morgan fingerprint density at radius 3 is 2.50 bits per heavy atom. The van der Waals surface area contributed by atoms with Crippen LogP contribution in [0, 0.1) is 0 Å². The predicted molar refractivity (Wildman–Crippen MR) is 36.8 cm³/mol. The lowest BCUT2D eigenvalue weighted by molar-refractivity contribution is 0.595. The molecule has 0 aliphatic rings. The first kappa shape index (κ1) is 7.56. The first-order valence-electron chi connectivity index (χ1n) is 2.45. The predicted octanol–water partition coefficient (Wildman–Crippen LogP) is 0.0438. The second-order valence-corrected chi connectivity index (χ2v) is 3.07. The van der Waals surface area contributed by atoms with Crippen LogP contribution in [0.15, 0.2) is 11.1 Å². The number of hydrogen-bond acceptors (Lipinski definition) is 3. The van der Waals surface area contributed by atoms with Crippen LogP contribution in [0.1, 0.15) is 0 Å². The van der Waals surface area contributed by atoms with E-state index in [0.29, 0.717) is 0 Å². The summed E-state index contributed by atoms with van der Waals surface area (Å²) in [5, 5.41) is 3.95. The molecule has 4 nitrogen and oxygen atoms in total. The molecule has 1 aromatic rings. The summed E-state index contributed by atoms with van der Waals surface area (Å²) in [7, 11) is -1.06. The number of thiol groups is 1. The molecule has 0 atom stereocenters. The minimum absolute atomic E-state index is 0.125. The van der Waals surface area contributed by atoms with Crippen LogP contribution in [0.2, 0.25) is 5.15 Å². The zero-order valence-electron chi connectivity index (χ0n) is 5.11. The van der Waals surface area contributed by atoms with Crippen molar-refractivity contribution in [3.8, 4) is 0 Å². The Labute approximate surface area is 64.4 Å². The zero-order chi connectivity index (χ0) is 7.72.